The van der Waals surface area contributed by atoms with Gasteiger partial charge in [-0.05, 0) is 85.2 Å². The van der Waals surface area contributed by atoms with E-state index in [1.54, 1.807) is 24.0 Å². The number of piperidine rings is 1. The van der Waals surface area contributed by atoms with Crippen molar-refractivity contribution in [3.05, 3.63) is 106 Å². The molecule has 3 aromatic carbocycles. The highest BCUT2D eigenvalue weighted by molar-refractivity contribution is 5.98. The average Bonchev–Trinajstić information content (AvgIpc) is 2.95. The third-order valence-electron chi connectivity index (χ3n) is 7.52. The van der Waals surface area contributed by atoms with E-state index in [1.807, 2.05) is 12.1 Å². The van der Waals surface area contributed by atoms with Gasteiger partial charge in [-0.25, -0.2) is 13.6 Å². The number of amides is 1. The van der Waals surface area contributed by atoms with Gasteiger partial charge < -0.3 is 25.8 Å². The molecule has 1 saturated heterocycles. The average molecular weight is 580 g/mol. The van der Waals surface area contributed by atoms with E-state index >= 15 is 0 Å². The first kappa shape index (κ1) is 31.3. The van der Waals surface area contributed by atoms with E-state index in [4.69, 9.17) is 10.5 Å². The Bertz CT molecular complexity index is 1370. The molecule has 4 rings (SSSR count). The smallest absolute Gasteiger partial charge is 0.338 e. The molecule has 0 aromatic heterocycles. The Morgan fingerprint density at radius 2 is 1.67 bits per heavy atom. The molecule has 2 atom stereocenters. The van der Waals surface area contributed by atoms with E-state index in [2.05, 4.69) is 24.4 Å². The molecular formula is C33H39F2N3O4. The Balaban J connectivity index is 1.50. The molecule has 0 saturated carbocycles. The Hall–Kier alpha value is -3.66. The molecule has 0 spiro atoms. The highest BCUT2D eigenvalue weighted by Crippen LogP contribution is 2.19. The van der Waals surface area contributed by atoms with Crippen LogP contribution in [0.1, 0.15) is 62.7 Å². The first-order chi connectivity index (χ1) is 20.1. The summed E-state index contributed by atoms with van der Waals surface area (Å²) >= 11 is 0. The molecule has 224 valence electrons. The predicted octanol–water partition coefficient (Wildman–Crippen LogP) is 4.32. The number of hydrogen-bond donors (Lipinski definition) is 3. The molecule has 0 aliphatic carbocycles. The molecule has 0 bridgehead atoms. The van der Waals surface area contributed by atoms with Crippen molar-refractivity contribution in [1.82, 2.24) is 10.2 Å². The zero-order valence-corrected chi connectivity index (χ0v) is 24.1. The number of esters is 1. The maximum Gasteiger partial charge on any atom is 0.338 e. The predicted molar refractivity (Wildman–Crippen MR) is 157 cm³/mol. The van der Waals surface area contributed by atoms with Gasteiger partial charge in [-0.15, -0.1) is 0 Å². The molecule has 1 aliphatic heterocycles. The van der Waals surface area contributed by atoms with Crippen LogP contribution >= 0.6 is 0 Å². The van der Waals surface area contributed by atoms with Crippen LogP contribution in [0.15, 0.2) is 60.7 Å². The minimum atomic E-state index is -0.832. The monoisotopic (exact) mass is 579 g/mol. The van der Waals surface area contributed by atoms with Crippen LogP contribution in [-0.2, 0) is 24.1 Å². The van der Waals surface area contributed by atoms with Gasteiger partial charge in [0.15, 0.2) is 0 Å². The number of nitrogens with zero attached hydrogens (tertiary/aromatic N) is 1. The maximum absolute atomic E-state index is 13.8. The lowest BCUT2D eigenvalue weighted by atomic mass is 10.0. The number of carbonyl (C=O) groups excluding carboxylic acids is 2. The van der Waals surface area contributed by atoms with Gasteiger partial charge in [0, 0.05) is 43.9 Å². The van der Waals surface area contributed by atoms with Crippen LogP contribution in [0.25, 0.3) is 0 Å². The van der Waals surface area contributed by atoms with Crippen molar-refractivity contribution in [3.8, 4) is 0 Å². The topological polar surface area (TPSA) is 105 Å². The van der Waals surface area contributed by atoms with Crippen molar-refractivity contribution < 1.29 is 28.2 Å². The highest BCUT2D eigenvalue weighted by Gasteiger charge is 2.26. The van der Waals surface area contributed by atoms with Crippen LogP contribution in [0, 0.1) is 18.6 Å². The van der Waals surface area contributed by atoms with Gasteiger partial charge in [-0.2, -0.15) is 0 Å². The molecule has 1 amide bonds. The second-order valence-electron chi connectivity index (χ2n) is 11.0. The number of likely N-dealkylation sites (tertiary alicyclic amines) is 1. The van der Waals surface area contributed by atoms with Crippen LogP contribution in [0.3, 0.4) is 0 Å². The summed E-state index contributed by atoms with van der Waals surface area (Å²) in [7, 11) is 0. The summed E-state index contributed by atoms with van der Waals surface area (Å²) < 4.78 is 33.6. The number of carbonyl (C=O) groups is 2. The normalized spacial score (nSPS) is 15.3. The molecule has 7 nitrogen and oxygen atoms in total. The van der Waals surface area contributed by atoms with Gasteiger partial charge in [0.05, 0.1) is 11.7 Å². The van der Waals surface area contributed by atoms with Gasteiger partial charge in [-0.3, -0.25) is 4.79 Å². The molecule has 3 aromatic rings. The summed E-state index contributed by atoms with van der Waals surface area (Å²) in [6.07, 6.45) is 0.767. The fraction of sp³-hybridized carbons (Fsp3) is 0.394. The number of nitrogens with two attached hydrogens (primary N) is 1. The fourth-order valence-electron chi connectivity index (χ4n) is 5.21. The summed E-state index contributed by atoms with van der Waals surface area (Å²) in [6.45, 7) is 5.47. The van der Waals surface area contributed by atoms with Gasteiger partial charge >= 0.3 is 5.97 Å². The number of nitrogens with one attached hydrogen (secondary N) is 1. The van der Waals surface area contributed by atoms with E-state index in [9.17, 15) is 23.5 Å². The molecule has 1 heterocycles. The molecule has 0 unspecified atom stereocenters. The third-order valence-corrected chi connectivity index (χ3v) is 7.52. The number of benzene rings is 3. The van der Waals surface area contributed by atoms with E-state index in [0.29, 0.717) is 43.6 Å². The van der Waals surface area contributed by atoms with Crippen molar-refractivity contribution in [2.24, 2.45) is 5.73 Å². The third kappa shape index (κ3) is 8.67. The van der Waals surface area contributed by atoms with Crippen LogP contribution < -0.4 is 11.1 Å². The lowest BCUT2D eigenvalue weighted by molar-refractivity contribution is 0.0238. The summed E-state index contributed by atoms with van der Waals surface area (Å²) in [5.41, 5.74) is 10.4. The Morgan fingerprint density at radius 1 is 1.00 bits per heavy atom. The number of aliphatic hydroxyl groups is 1. The quantitative estimate of drug-likeness (QED) is 0.293. The van der Waals surface area contributed by atoms with E-state index in [0.717, 1.165) is 23.6 Å². The fourth-order valence-corrected chi connectivity index (χ4v) is 5.21. The second-order valence-corrected chi connectivity index (χ2v) is 11.0. The van der Waals surface area contributed by atoms with Crippen molar-refractivity contribution >= 4 is 11.9 Å². The molecule has 9 heteroatoms. The van der Waals surface area contributed by atoms with E-state index in [1.165, 1.54) is 23.8 Å². The molecule has 42 heavy (non-hydrogen) atoms. The first-order valence-electron chi connectivity index (χ1n) is 14.4. The van der Waals surface area contributed by atoms with Crippen molar-refractivity contribution in [2.75, 3.05) is 19.6 Å². The highest BCUT2D eigenvalue weighted by atomic mass is 19.1. The Labute approximate surface area is 245 Å². The number of aryl methyl sites for hydroxylation is 2. The van der Waals surface area contributed by atoms with Gasteiger partial charge in [0.2, 0.25) is 0 Å². The number of aliphatic hydroxyl groups excluding tert-OH is 1. The largest absolute Gasteiger partial charge is 0.456 e. The van der Waals surface area contributed by atoms with Crippen LogP contribution in [0.5, 0.6) is 0 Å². The van der Waals surface area contributed by atoms with E-state index < -0.39 is 35.9 Å². The number of rotatable bonds is 11. The van der Waals surface area contributed by atoms with Gasteiger partial charge in [0.25, 0.3) is 5.91 Å². The van der Waals surface area contributed by atoms with Crippen LogP contribution in [-0.4, -0.2) is 59.8 Å². The number of halogens is 2. The first-order valence-corrected chi connectivity index (χ1v) is 14.4. The molecule has 0 radical (unpaired) electrons. The van der Waals surface area contributed by atoms with Crippen LogP contribution in [0.2, 0.25) is 0 Å². The number of ether oxygens (including phenoxy) is 1. The summed E-state index contributed by atoms with van der Waals surface area (Å²) in [5.74, 6) is -2.28. The molecule has 4 N–H and O–H groups in total. The van der Waals surface area contributed by atoms with Gasteiger partial charge in [-0.1, -0.05) is 31.2 Å². The van der Waals surface area contributed by atoms with Crippen molar-refractivity contribution in [2.45, 2.75) is 64.3 Å². The molecule has 1 aliphatic rings. The maximum atomic E-state index is 13.8. The second kappa shape index (κ2) is 14.5. The van der Waals surface area contributed by atoms with Crippen molar-refractivity contribution in [1.29, 1.82) is 0 Å². The standard InChI is InChI=1S/C33H39F2N3O4/c1-3-22-5-4-6-23(13-22)19-37-20-31(30(36)16-24-14-27(34)18-28(35)15-24)42-33(41)26-12-21(2)11-25(17-26)32(40)38-9-7-29(39)8-10-38/h4-6,11-15,17-18,29-31,37,39H,3,7-10,16,19-20,36H2,1-2H3/t30-,31+/m0/s1. The minimum Gasteiger partial charge on any atom is -0.456 e. The van der Waals surface area contributed by atoms with Gasteiger partial charge in [0.1, 0.15) is 17.7 Å². The Kier molecular flexibility index (Phi) is 10.8. The Morgan fingerprint density at radius 3 is 2.36 bits per heavy atom. The van der Waals surface area contributed by atoms with Crippen LogP contribution in [0.4, 0.5) is 8.78 Å². The van der Waals surface area contributed by atoms with Crippen molar-refractivity contribution in [3.63, 3.8) is 0 Å². The zero-order chi connectivity index (χ0) is 30.2. The molecular weight excluding hydrogens is 540 g/mol. The summed E-state index contributed by atoms with van der Waals surface area (Å²) in [6, 6.07) is 15.5. The zero-order valence-electron chi connectivity index (χ0n) is 24.1. The lowest BCUT2D eigenvalue weighted by Gasteiger charge is -2.30. The summed E-state index contributed by atoms with van der Waals surface area (Å²) in [4.78, 5) is 28.2. The minimum absolute atomic E-state index is 0.0813. The summed E-state index contributed by atoms with van der Waals surface area (Å²) in [5, 5.41) is 13.1. The molecule has 1 fully saturated rings. The lowest BCUT2D eigenvalue weighted by Crippen LogP contribution is -2.46. The van der Waals surface area contributed by atoms with E-state index in [-0.39, 0.29) is 24.4 Å². The SMILES string of the molecule is CCc1cccc(CNC[C@@H](OC(=O)c2cc(C)cc(C(=O)N3CCC(O)CC3)c2)[C@@H](N)Cc2cc(F)cc(F)c2)c1. The number of hydrogen-bond acceptors (Lipinski definition) is 6.